The van der Waals surface area contributed by atoms with E-state index in [1.54, 1.807) is 0 Å². The standard InChI is InChI=1S/C18H28N4O2/c1-20(2)10-11-24-16-4-5-17-14(12-16)13-22(18(23)19-17)15-6-8-21(3)9-7-15/h4-5,12,15H,6-11,13H2,1-3H3,(H,19,23). The highest BCUT2D eigenvalue weighted by molar-refractivity contribution is 5.92. The minimum Gasteiger partial charge on any atom is -0.492 e. The molecule has 2 amide bonds. The number of likely N-dealkylation sites (tertiary alicyclic amines) is 1. The van der Waals surface area contributed by atoms with Gasteiger partial charge in [-0.25, -0.2) is 4.79 Å². The van der Waals surface area contributed by atoms with Crippen LogP contribution in [0, 0.1) is 0 Å². The molecule has 0 atom stereocenters. The van der Waals surface area contributed by atoms with Gasteiger partial charge in [0, 0.05) is 24.8 Å². The van der Waals surface area contributed by atoms with Crippen molar-refractivity contribution in [3.05, 3.63) is 23.8 Å². The molecule has 2 aliphatic heterocycles. The molecule has 0 spiro atoms. The van der Waals surface area contributed by atoms with Crippen molar-refractivity contribution in [3.63, 3.8) is 0 Å². The summed E-state index contributed by atoms with van der Waals surface area (Å²) in [5.41, 5.74) is 2.04. The quantitative estimate of drug-likeness (QED) is 0.897. The number of ether oxygens (including phenoxy) is 1. The molecule has 2 aliphatic rings. The van der Waals surface area contributed by atoms with Crippen molar-refractivity contribution >= 4 is 11.7 Å². The molecule has 6 nitrogen and oxygen atoms in total. The van der Waals surface area contributed by atoms with Crippen LogP contribution >= 0.6 is 0 Å². The van der Waals surface area contributed by atoms with Gasteiger partial charge in [-0.05, 0) is 70.8 Å². The van der Waals surface area contributed by atoms with Crippen molar-refractivity contribution < 1.29 is 9.53 Å². The summed E-state index contributed by atoms with van der Waals surface area (Å²) < 4.78 is 5.82. The lowest BCUT2D eigenvalue weighted by atomic mass is 10.0. The van der Waals surface area contributed by atoms with Gasteiger partial charge in [-0.2, -0.15) is 0 Å². The van der Waals surface area contributed by atoms with Gasteiger partial charge in [0.05, 0.1) is 0 Å². The van der Waals surface area contributed by atoms with Crippen LogP contribution in [0.5, 0.6) is 5.75 Å². The number of amides is 2. The minimum absolute atomic E-state index is 0.0262. The molecule has 1 aromatic rings. The molecule has 132 valence electrons. The molecule has 0 unspecified atom stereocenters. The highest BCUT2D eigenvalue weighted by atomic mass is 16.5. The first kappa shape index (κ1) is 17.0. The van der Waals surface area contributed by atoms with E-state index in [0.717, 1.165) is 49.5 Å². The highest BCUT2D eigenvalue weighted by Crippen LogP contribution is 2.30. The maximum absolute atomic E-state index is 12.4. The van der Waals surface area contributed by atoms with Crippen molar-refractivity contribution in [2.75, 3.05) is 52.7 Å². The Morgan fingerprint density at radius 1 is 1.29 bits per heavy atom. The number of nitrogens with one attached hydrogen (secondary N) is 1. The van der Waals surface area contributed by atoms with Gasteiger partial charge in [-0.3, -0.25) is 0 Å². The van der Waals surface area contributed by atoms with Crippen molar-refractivity contribution in [3.8, 4) is 5.75 Å². The van der Waals surface area contributed by atoms with Crippen LogP contribution in [0.4, 0.5) is 10.5 Å². The summed E-state index contributed by atoms with van der Waals surface area (Å²) in [6.45, 7) is 4.32. The third-order valence-electron chi connectivity index (χ3n) is 4.86. The lowest BCUT2D eigenvalue weighted by Gasteiger charge is -2.39. The summed E-state index contributed by atoms with van der Waals surface area (Å²) in [6.07, 6.45) is 2.08. The van der Waals surface area contributed by atoms with Crippen LogP contribution in [0.15, 0.2) is 18.2 Å². The van der Waals surface area contributed by atoms with E-state index in [2.05, 4.69) is 28.2 Å². The van der Waals surface area contributed by atoms with E-state index in [9.17, 15) is 4.79 Å². The van der Waals surface area contributed by atoms with E-state index in [1.807, 2.05) is 31.1 Å². The first-order valence-electron chi connectivity index (χ1n) is 8.69. The van der Waals surface area contributed by atoms with Crippen LogP contribution in [0.1, 0.15) is 18.4 Å². The molecule has 3 rings (SSSR count). The average Bonchev–Trinajstić information content (AvgIpc) is 2.55. The molecule has 0 aliphatic carbocycles. The van der Waals surface area contributed by atoms with Crippen LogP contribution in [-0.4, -0.2) is 74.2 Å². The number of rotatable bonds is 5. The van der Waals surface area contributed by atoms with Gasteiger partial charge in [-0.1, -0.05) is 0 Å². The van der Waals surface area contributed by atoms with Crippen molar-refractivity contribution in [1.82, 2.24) is 14.7 Å². The Balaban J connectivity index is 1.67. The fraction of sp³-hybridized carbons (Fsp3) is 0.611. The predicted octanol–water partition coefficient (Wildman–Crippen LogP) is 2.07. The van der Waals surface area contributed by atoms with Crippen LogP contribution in [0.2, 0.25) is 0 Å². The van der Waals surface area contributed by atoms with Crippen LogP contribution in [-0.2, 0) is 6.54 Å². The molecular formula is C18H28N4O2. The third-order valence-corrected chi connectivity index (χ3v) is 4.86. The van der Waals surface area contributed by atoms with Gasteiger partial charge in [0.15, 0.2) is 0 Å². The molecule has 6 heteroatoms. The summed E-state index contributed by atoms with van der Waals surface area (Å²) >= 11 is 0. The van der Waals surface area contributed by atoms with Gasteiger partial charge >= 0.3 is 6.03 Å². The fourth-order valence-electron chi connectivity index (χ4n) is 3.30. The van der Waals surface area contributed by atoms with Gasteiger partial charge in [0.25, 0.3) is 0 Å². The zero-order valence-electron chi connectivity index (χ0n) is 14.9. The summed E-state index contributed by atoms with van der Waals surface area (Å²) in [5.74, 6) is 0.870. The van der Waals surface area contributed by atoms with Crippen molar-refractivity contribution in [1.29, 1.82) is 0 Å². The number of urea groups is 1. The molecule has 1 aromatic carbocycles. The van der Waals surface area contributed by atoms with Crippen LogP contribution < -0.4 is 10.1 Å². The Kier molecular flexibility index (Phi) is 5.26. The Morgan fingerprint density at radius 2 is 2.04 bits per heavy atom. The second-order valence-electron chi connectivity index (χ2n) is 7.06. The second kappa shape index (κ2) is 7.40. The summed E-state index contributed by atoms with van der Waals surface area (Å²) in [6, 6.07) is 6.29. The van der Waals surface area contributed by atoms with Crippen LogP contribution in [0.3, 0.4) is 0 Å². The predicted molar refractivity (Wildman–Crippen MR) is 95.6 cm³/mol. The molecule has 1 N–H and O–H groups in total. The van der Waals surface area contributed by atoms with E-state index in [-0.39, 0.29) is 6.03 Å². The molecule has 1 fully saturated rings. The van der Waals surface area contributed by atoms with Crippen LogP contribution in [0.25, 0.3) is 0 Å². The number of hydrogen-bond donors (Lipinski definition) is 1. The largest absolute Gasteiger partial charge is 0.492 e. The number of piperidine rings is 1. The van der Waals surface area contributed by atoms with E-state index in [4.69, 9.17) is 4.74 Å². The molecule has 0 radical (unpaired) electrons. The van der Waals surface area contributed by atoms with E-state index >= 15 is 0 Å². The fourth-order valence-corrected chi connectivity index (χ4v) is 3.30. The second-order valence-corrected chi connectivity index (χ2v) is 7.06. The van der Waals surface area contributed by atoms with Gasteiger partial charge in [0.1, 0.15) is 12.4 Å². The Morgan fingerprint density at radius 3 is 2.75 bits per heavy atom. The monoisotopic (exact) mass is 332 g/mol. The van der Waals surface area contributed by atoms with Gasteiger partial charge in [-0.15, -0.1) is 0 Å². The average molecular weight is 332 g/mol. The van der Waals surface area contributed by atoms with E-state index < -0.39 is 0 Å². The number of carbonyl (C=O) groups excluding carboxylic acids is 1. The molecular weight excluding hydrogens is 304 g/mol. The number of hydrogen-bond acceptors (Lipinski definition) is 4. The molecule has 1 saturated heterocycles. The first-order chi connectivity index (χ1) is 11.5. The van der Waals surface area contributed by atoms with Gasteiger partial charge < -0.3 is 24.8 Å². The maximum atomic E-state index is 12.4. The number of fused-ring (bicyclic) bond motifs is 1. The molecule has 0 saturated carbocycles. The van der Waals surface area contributed by atoms with Gasteiger partial charge in [0.2, 0.25) is 0 Å². The molecule has 2 heterocycles. The lowest BCUT2D eigenvalue weighted by Crippen LogP contribution is -2.49. The zero-order chi connectivity index (χ0) is 17.1. The maximum Gasteiger partial charge on any atom is 0.322 e. The summed E-state index contributed by atoms with van der Waals surface area (Å²) in [4.78, 5) is 18.8. The third kappa shape index (κ3) is 3.99. The normalized spacial score (nSPS) is 19.3. The molecule has 0 bridgehead atoms. The Bertz CT molecular complexity index is 582. The number of nitrogens with zero attached hydrogens (tertiary/aromatic N) is 3. The van der Waals surface area contributed by atoms with Crippen molar-refractivity contribution in [2.45, 2.75) is 25.4 Å². The minimum atomic E-state index is 0.0262. The zero-order valence-corrected chi connectivity index (χ0v) is 14.9. The SMILES string of the molecule is CN(C)CCOc1ccc2c(c1)CN(C1CCN(C)CC1)C(=O)N2. The Labute approximate surface area is 144 Å². The number of benzene rings is 1. The summed E-state index contributed by atoms with van der Waals surface area (Å²) in [7, 11) is 6.20. The van der Waals surface area contributed by atoms with Crippen molar-refractivity contribution in [2.24, 2.45) is 0 Å². The number of anilines is 1. The lowest BCUT2D eigenvalue weighted by molar-refractivity contribution is 0.133. The number of likely N-dealkylation sites (N-methyl/N-ethyl adjacent to an activating group) is 1. The van der Waals surface area contributed by atoms with E-state index in [1.165, 1.54) is 0 Å². The smallest absolute Gasteiger partial charge is 0.322 e. The van der Waals surface area contributed by atoms with E-state index in [0.29, 0.717) is 19.2 Å². The number of carbonyl (C=O) groups is 1. The topological polar surface area (TPSA) is 48.1 Å². The highest BCUT2D eigenvalue weighted by Gasteiger charge is 2.31. The first-order valence-corrected chi connectivity index (χ1v) is 8.69. The summed E-state index contributed by atoms with van der Waals surface area (Å²) in [5, 5.41) is 3.03. The molecule has 0 aromatic heterocycles. The Hall–Kier alpha value is -1.79. The molecule has 24 heavy (non-hydrogen) atoms.